The van der Waals surface area contributed by atoms with Gasteiger partial charge >= 0.3 is 0 Å². The molecule has 32 heavy (non-hydrogen) atoms. The highest BCUT2D eigenvalue weighted by Crippen LogP contribution is 2.38. The van der Waals surface area contributed by atoms with Gasteiger partial charge in [-0.2, -0.15) is 0 Å². The van der Waals surface area contributed by atoms with Crippen molar-refractivity contribution in [1.82, 2.24) is 0 Å². The average molecular weight is 423 g/mol. The van der Waals surface area contributed by atoms with Gasteiger partial charge in [-0.25, -0.2) is 4.57 Å². The fraction of sp³-hybridized carbons (Fsp3) is 0.300. The van der Waals surface area contributed by atoms with Crippen LogP contribution in [0.1, 0.15) is 46.0 Å². The maximum Gasteiger partial charge on any atom is 0.212 e. The van der Waals surface area contributed by atoms with E-state index in [-0.39, 0.29) is 5.92 Å². The summed E-state index contributed by atoms with van der Waals surface area (Å²) < 4.78 is 26.5. The molecule has 0 bridgehead atoms. The number of rotatable bonds is 3. The molecule has 0 unspecified atom stereocenters. The van der Waals surface area contributed by atoms with Crippen molar-refractivity contribution in [1.29, 1.82) is 0 Å². The van der Waals surface area contributed by atoms with Gasteiger partial charge in [-0.3, -0.25) is 0 Å². The highest BCUT2D eigenvalue weighted by atomic mass is 16.3. The number of hydrogen-bond acceptors (Lipinski definition) is 1. The zero-order valence-corrected chi connectivity index (χ0v) is 18.8. The minimum Gasteiger partial charge on any atom is -0.455 e. The first-order chi connectivity index (χ1) is 16.4. The van der Waals surface area contributed by atoms with E-state index in [1.807, 2.05) is 19.3 Å². The average Bonchev–Trinajstić information content (AvgIpc) is 3.25. The van der Waals surface area contributed by atoms with Crippen molar-refractivity contribution >= 4 is 32.7 Å². The van der Waals surface area contributed by atoms with Crippen molar-refractivity contribution in [2.24, 2.45) is 13.0 Å². The molecule has 1 aliphatic carbocycles. The molecule has 0 radical (unpaired) electrons. The van der Waals surface area contributed by atoms with Crippen molar-refractivity contribution in [3.8, 4) is 11.3 Å². The van der Waals surface area contributed by atoms with Crippen LogP contribution in [0.3, 0.4) is 0 Å². The first-order valence-corrected chi connectivity index (χ1v) is 11.8. The van der Waals surface area contributed by atoms with Crippen LogP contribution in [0.25, 0.3) is 44.0 Å². The Labute approximate surface area is 192 Å². The third-order valence-electron chi connectivity index (χ3n) is 7.18. The van der Waals surface area contributed by atoms with Gasteiger partial charge in [0.15, 0.2) is 6.20 Å². The summed E-state index contributed by atoms with van der Waals surface area (Å²) in [7, 11) is 2.03. The number of hydrogen-bond donors (Lipinski definition) is 0. The minimum absolute atomic E-state index is 0.0917. The van der Waals surface area contributed by atoms with Crippen LogP contribution < -0.4 is 4.57 Å². The molecule has 0 atom stereocenters. The van der Waals surface area contributed by atoms with Gasteiger partial charge in [0.2, 0.25) is 5.69 Å². The second-order valence-corrected chi connectivity index (χ2v) is 9.27. The summed E-state index contributed by atoms with van der Waals surface area (Å²) in [6.45, 7) is 2.12. The zero-order chi connectivity index (χ0) is 23.4. The van der Waals surface area contributed by atoms with Crippen LogP contribution in [0.15, 0.2) is 71.3 Å². The topological polar surface area (TPSA) is 17.0 Å². The molecule has 2 nitrogen and oxygen atoms in total. The van der Waals surface area contributed by atoms with Gasteiger partial charge < -0.3 is 4.42 Å². The third-order valence-corrected chi connectivity index (χ3v) is 7.18. The maximum atomic E-state index is 8.96. The largest absolute Gasteiger partial charge is 0.455 e. The SMILES string of the molecule is [2H]C([2H])(c1cc[n+](C)c(-c2ccc3c(oc4c5ccccc5ccc34)c2C)c1)C1CCCCC1. The highest BCUT2D eigenvalue weighted by Gasteiger charge is 2.20. The normalized spacial score (nSPS) is 16.6. The summed E-state index contributed by atoms with van der Waals surface area (Å²) in [5, 5.41) is 4.56. The van der Waals surface area contributed by atoms with Crippen molar-refractivity contribution < 1.29 is 11.7 Å². The molecular weight excluding hydrogens is 390 g/mol. The fourth-order valence-electron chi connectivity index (χ4n) is 5.39. The van der Waals surface area contributed by atoms with Gasteiger partial charge in [0.1, 0.15) is 18.2 Å². The lowest BCUT2D eigenvalue weighted by Gasteiger charge is -2.21. The number of aromatic nitrogens is 1. The number of benzene rings is 3. The molecule has 0 amide bonds. The molecule has 2 aromatic heterocycles. The maximum absolute atomic E-state index is 8.96. The Morgan fingerprint density at radius 1 is 0.906 bits per heavy atom. The molecular formula is C30H30NO+. The van der Waals surface area contributed by atoms with Crippen LogP contribution in [-0.4, -0.2) is 0 Å². The van der Waals surface area contributed by atoms with E-state index < -0.39 is 6.37 Å². The Morgan fingerprint density at radius 2 is 1.69 bits per heavy atom. The summed E-state index contributed by atoms with van der Waals surface area (Å²) in [4.78, 5) is 0. The molecule has 0 saturated heterocycles. The van der Waals surface area contributed by atoms with E-state index in [0.29, 0.717) is 0 Å². The second kappa shape index (κ2) is 7.78. The predicted molar refractivity (Wildman–Crippen MR) is 133 cm³/mol. The Balaban J connectivity index is 1.51. The first-order valence-electron chi connectivity index (χ1n) is 12.8. The molecule has 2 heterocycles. The van der Waals surface area contributed by atoms with Crippen LogP contribution >= 0.6 is 0 Å². The molecule has 6 rings (SSSR count). The first kappa shape index (κ1) is 17.4. The van der Waals surface area contributed by atoms with Gasteiger partial charge in [-0.1, -0.05) is 62.4 Å². The standard InChI is InChI=1S/C30H30NO/c1-20-24(28-19-22(16-17-31(28)2)18-21-8-4-3-5-9-21)14-15-26-27-13-12-23-10-6-7-11-25(23)30(27)32-29(20)26/h6-7,10-17,19,21H,3-5,8-9,18H2,1-2H3/q+1/i18D2. The Kier molecular flexibility index (Phi) is 4.24. The number of pyridine rings is 1. The summed E-state index contributed by atoms with van der Waals surface area (Å²) in [5.41, 5.74) is 5.80. The Bertz CT molecular complexity index is 1540. The van der Waals surface area contributed by atoms with E-state index in [4.69, 9.17) is 7.16 Å². The molecule has 5 aromatic rings. The lowest BCUT2D eigenvalue weighted by atomic mass is 9.85. The molecule has 1 fully saturated rings. The second-order valence-electron chi connectivity index (χ2n) is 9.27. The molecule has 1 aliphatic rings. The van der Waals surface area contributed by atoms with Gasteiger partial charge in [-0.05, 0) is 48.4 Å². The molecule has 3 aromatic carbocycles. The van der Waals surface area contributed by atoms with Crippen molar-refractivity contribution in [3.05, 3.63) is 78.0 Å². The van der Waals surface area contributed by atoms with E-state index in [0.717, 1.165) is 75.4 Å². The molecule has 0 spiro atoms. The smallest absolute Gasteiger partial charge is 0.212 e. The van der Waals surface area contributed by atoms with Crippen LogP contribution in [0.5, 0.6) is 0 Å². The van der Waals surface area contributed by atoms with Gasteiger partial charge in [0.25, 0.3) is 0 Å². The Hall–Kier alpha value is -3.13. The number of nitrogens with zero attached hydrogens (tertiary/aromatic N) is 1. The minimum atomic E-state index is -1.32. The van der Waals surface area contributed by atoms with Gasteiger partial charge in [0, 0.05) is 36.6 Å². The van der Waals surface area contributed by atoms with Crippen molar-refractivity contribution in [3.63, 3.8) is 0 Å². The van der Waals surface area contributed by atoms with Gasteiger partial charge in [0.05, 0.1) is 5.56 Å². The number of furan rings is 1. The Morgan fingerprint density at radius 3 is 2.56 bits per heavy atom. The van der Waals surface area contributed by atoms with Crippen molar-refractivity contribution in [2.75, 3.05) is 0 Å². The third kappa shape index (κ3) is 3.21. The van der Waals surface area contributed by atoms with Crippen LogP contribution in [0.2, 0.25) is 0 Å². The quantitative estimate of drug-likeness (QED) is 0.273. The summed E-state index contributed by atoms with van der Waals surface area (Å²) in [5.74, 6) is 0.0917. The summed E-state index contributed by atoms with van der Waals surface area (Å²) >= 11 is 0. The molecule has 0 N–H and O–H groups in total. The summed E-state index contributed by atoms with van der Waals surface area (Å²) in [6.07, 6.45) is 6.12. The lowest BCUT2D eigenvalue weighted by molar-refractivity contribution is -0.660. The van der Waals surface area contributed by atoms with Crippen molar-refractivity contribution in [2.45, 2.75) is 45.4 Å². The van der Waals surface area contributed by atoms with E-state index in [1.165, 1.54) is 11.8 Å². The van der Waals surface area contributed by atoms with E-state index in [2.05, 4.69) is 66.1 Å². The zero-order valence-electron chi connectivity index (χ0n) is 20.8. The molecule has 160 valence electrons. The van der Waals surface area contributed by atoms with E-state index in [9.17, 15) is 0 Å². The van der Waals surface area contributed by atoms with Gasteiger partial charge in [-0.15, -0.1) is 0 Å². The van der Waals surface area contributed by atoms with Crippen LogP contribution in [0, 0.1) is 12.8 Å². The fourth-order valence-corrected chi connectivity index (χ4v) is 5.39. The molecule has 2 heteroatoms. The molecule has 1 saturated carbocycles. The van der Waals surface area contributed by atoms with E-state index in [1.54, 1.807) is 0 Å². The molecule has 0 aliphatic heterocycles. The lowest BCUT2D eigenvalue weighted by Crippen LogP contribution is -2.31. The summed E-state index contributed by atoms with van der Waals surface area (Å²) in [6, 6.07) is 21.0. The monoisotopic (exact) mass is 422 g/mol. The predicted octanol–water partition coefficient (Wildman–Crippen LogP) is 7.66. The highest BCUT2D eigenvalue weighted by molar-refractivity contribution is 6.15. The van der Waals surface area contributed by atoms with Crippen LogP contribution in [-0.2, 0) is 13.4 Å². The number of fused-ring (bicyclic) bond motifs is 5. The number of aryl methyl sites for hydroxylation is 2. The van der Waals surface area contributed by atoms with E-state index >= 15 is 0 Å². The van der Waals surface area contributed by atoms with Crippen LogP contribution in [0.4, 0.5) is 0 Å².